The molecule has 2 aliphatic heterocycles. The third kappa shape index (κ3) is 4.09. The van der Waals surface area contributed by atoms with E-state index in [9.17, 15) is 14.9 Å². The van der Waals surface area contributed by atoms with E-state index < -0.39 is 0 Å². The molecule has 2 aliphatic rings. The number of fused-ring (bicyclic) bond motifs is 1. The Hall–Kier alpha value is -2.94. The van der Waals surface area contributed by atoms with Crippen LogP contribution in [0.1, 0.15) is 28.0 Å². The van der Waals surface area contributed by atoms with Crippen molar-refractivity contribution in [1.29, 1.82) is 0 Å². The van der Waals surface area contributed by atoms with Gasteiger partial charge < -0.3 is 15.0 Å². The highest BCUT2D eigenvalue weighted by Crippen LogP contribution is 2.28. The molecule has 1 aromatic heterocycles. The number of hydrogen-bond acceptors (Lipinski definition) is 6. The summed E-state index contributed by atoms with van der Waals surface area (Å²) in [5.74, 6) is 0.285. The van der Waals surface area contributed by atoms with E-state index in [4.69, 9.17) is 4.74 Å². The number of carbonyl (C=O) groups excluding carboxylic acids is 1. The third-order valence-corrected chi connectivity index (χ3v) is 5.64. The Kier molecular flexibility index (Phi) is 5.48. The number of aryl methyl sites for hydroxylation is 2. The van der Waals surface area contributed by atoms with E-state index >= 15 is 0 Å². The SMILES string of the molecule is Cc1ccc([N+](=O)[O-])c(NC[C@H]2CCn3ncc(C(=O)N4CCOCC4)c3C2)c1. The number of nitrogens with one attached hydrogen (secondary N) is 1. The van der Waals surface area contributed by atoms with Crippen molar-refractivity contribution in [1.82, 2.24) is 14.7 Å². The first kappa shape index (κ1) is 19.4. The van der Waals surface area contributed by atoms with Crippen LogP contribution >= 0.6 is 0 Å². The first-order valence-corrected chi connectivity index (χ1v) is 9.93. The normalized spacial score (nSPS) is 18.9. The van der Waals surface area contributed by atoms with Crippen molar-refractivity contribution in [3.63, 3.8) is 0 Å². The van der Waals surface area contributed by atoms with Crippen LogP contribution in [0.3, 0.4) is 0 Å². The lowest BCUT2D eigenvalue weighted by molar-refractivity contribution is -0.384. The summed E-state index contributed by atoms with van der Waals surface area (Å²) in [7, 11) is 0. The van der Waals surface area contributed by atoms with Gasteiger partial charge in [-0.05, 0) is 37.3 Å². The molecule has 0 spiro atoms. The molecular weight excluding hydrogens is 374 g/mol. The quantitative estimate of drug-likeness (QED) is 0.611. The topological polar surface area (TPSA) is 103 Å². The van der Waals surface area contributed by atoms with Crippen molar-refractivity contribution in [2.75, 3.05) is 38.2 Å². The number of benzene rings is 1. The summed E-state index contributed by atoms with van der Waals surface area (Å²) in [5, 5.41) is 18.9. The van der Waals surface area contributed by atoms with E-state index in [1.807, 2.05) is 16.5 Å². The predicted octanol–water partition coefficient (Wildman–Crippen LogP) is 2.25. The molecule has 9 heteroatoms. The number of hydrogen-bond donors (Lipinski definition) is 1. The average Bonchev–Trinajstić information content (AvgIpc) is 3.15. The summed E-state index contributed by atoms with van der Waals surface area (Å²) in [6.45, 7) is 5.61. The van der Waals surface area contributed by atoms with Crippen molar-refractivity contribution in [3.8, 4) is 0 Å². The van der Waals surface area contributed by atoms with Gasteiger partial charge in [0.2, 0.25) is 0 Å². The van der Waals surface area contributed by atoms with Crippen LogP contribution in [0.25, 0.3) is 0 Å². The molecule has 3 heterocycles. The molecule has 1 atom stereocenters. The van der Waals surface area contributed by atoms with Gasteiger partial charge in [0.05, 0.1) is 35.6 Å². The minimum atomic E-state index is -0.364. The molecule has 1 aromatic carbocycles. The molecule has 154 valence electrons. The molecule has 1 fully saturated rings. The summed E-state index contributed by atoms with van der Waals surface area (Å²) in [6, 6.07) is 5.08. The summed E-state index contributed by atoms with van der Waals surface area (Å²) >= 11 is 0. The molecule has 9 nitrogen and oxygen atoms in total. The van der Waals surface area contributed by atoms with Gasteiger partial charge in [-0.3, -0.25) is 19.6 Å². The number of aromatic nitrogens is 2. The van der Waals surface area contributed by atoms with E-state index in [1.165, 1.54) is 6.07 Å². The summed E-state index contributed by atoms with van der Waals surface area (Å²) < 4.78 is 7.25. The van der Waals surface area contributed by atoms with Crippen LogP contribution in [0.4, 0.5) is 11.4 Å². The number of nitrogens with zero attached hydrogens (tertiary/aromatic N) is 4. The van der Waals surface area contributed by atoms with Gasteiger partial charge in [0.15, 0.2) is 0 Å². The zero-order chi connectivity index (χ0) is 20.4. The van der Waals surface area contributed by atoms with Gasteiger partial charge in [-0.15, -0.1) is 0 Å². The minimum absolute atomic E-state index is 0.0116. The van der Waals surface area contributed by atoms with Crippen molar-refractivity contribution in [2.45, 2.75) is 26.3 Å². The molecule has 4 rings (SSSR count). The zero-order valence-corrected chi connectivity index (χ0v) is 16.5. The van der Waals surface area contributed by atoms with Gasteiger partial charge in [0, 0.05) is 32.2 Å². The number of amides is 1. The molecule has 0 bridgehead atoms. The Morgan fingerprint density at radius 3 is 2.90 bits per heavy atom. The molecule has 0 radical (unpaired) electrons. The fourth-order valence-corrected chi connectivity index (χ4v) is 3.99. The third-order valence-electron chi connectivity index (χ3n) is 5.64. The zero-order valence-electron chi connectivity index (χ0n) is 16.5. The number of carbonyl (C=O) groups is 1. The van der Waals surface area contributed by atoms with Gasteiger partial charge in [-0.1, -0.05) is 6.07 Å². The van der Waals surface area contributed by atoms with E-state index in [-0.39, 0.29) is 22.4 Å². The van der Waals surface area contributed by atoms with Crippen molar-refractivity contribution >= 4 is 17.3 Å². The maximum atomic E-state index is 12.9. The molecule has 1 saturated heterocycles. The highest BCUT2D eigenvalue weighted by molar-refractivity contribution is 5.95. The summed E-state index contributed by atoms with van der Waals surface area (Å²) in [4.78, 5) is 25.6. The van der Waals surface area contributed by atoms with E-state index in [0.717, 1.165) is 30.6 Å². The Morgan fingerprint density at radius 1 is 1.34 bits per heavy atom. The molecule has 0 aliphatic carbocycles. The second kappa shape index (κ2) is 8.20. The first-order chi connectivity index (χ1) is 14.0. The highest BCUT2D eigenvalue weighted by atomic mass is 16.6. The molecule has 1 N–H and O–H groups in total. The minimum Gasteiger partial charge on any atom is -0.379 e. The Bertz CT molecular complexity index is 920. The molecule has 29 heavy (non-hydrogen) atoms. The van der Waals surface area contributed by atoms with Gasteiger partial charge in [0.1, 0.15) is 5.69 Å². The fourth-order valence-electron chi connectivity index (χ4n) is 3.99. The van der Waals surface area contributed by atoms with E-state index in [1.54, 1.807) is 18.3 Å². The van der Waals surface area contributed by atoms with Gasteiger partial charge in [-0.2, -0.15) is 5.10 Å². The first-order valence-electron chi connectivity index (χ1n) is 9.93. The molecule has 1 amide bonds. The standard InChI is InChI=1S/C20H25N5O4/c1-14-2-3-18(25(27)28)17(10-14)21-12-15-4-5-24-19(11-15)16(13-22-24)20(26)23-6-8-29-9-7-23/h2-3,10,13,15,21H,4-9,11-12H2,1H3/t15-/m0/s1. The largest absolute Gasteiger partial charge is 0.379 e. The fraction of sp³-hybridized carbons (Fsp3) is 0.500. The van der Waals surface area contributed by atoms with Crippen LogP contribution in [0.15, 0.2) is 24.4 Å². The van der Waals surface area contributed by atoms with Crippen LogP contribution in [-0.2, 0) is 17.7 Å². The number of rotatable bonds is 5. The molecule has 2 aromatic rings. The lowest BCUT2D eigenvalue weighted by atomic mass is 9.94. The van der Waals surface area contributed by atoms with Gasteiger partial charge in [0.25, 0.3) is 11.6 Å². The smallest absolute Gasteiger partial charge is 0.292 e. The number of ether oxygens (including phenoxy) is 1. The molecular formula is C20H25N5O4. The summed E-state index contributed by atoms with van der Waals surface area (Å²) in [6.07, 6.45) is 3.30. The maximum absolute atomic E-state index is 12.9. The number of nitro benzene ring substituents is 1. The second-order valence-corrected chi connectivity index (χ2v) is 7.65. The molecule has 0 unspecified atom stereocenters. The van der Waals surface area contributed by atoms with Crippen molar-refractivity contribution in [3.05, 3.63) is 51.3 Å². The number of anilines is 1. The average molecular weight is 399 g/mol. The van der Waals surface area contributed by atoms with E-state index in [0.29, 0.717) is 44.1 Å². The maximum Gasteiger partial charge on any atom is 0.292 e. The van der Waals surface area contributed by atoms with E-state index in [2.05, 4.69) is 10.4 Å². The van der Waals surface area contributed by atoms with Crippen LogP contribution in [0, 0.1) is 23.0 Å². The Balaban J connectivity index is 1.45. The van der Waals surface area contributed by atoms with Crippen LogP contribution in [-0.4, -0.2) is 58.4 Å². The van der Waals surface area contributed by atoms with Crippen LogP contribution < -0.4 is 5.32 Å². The predicted molar refractivity (Wildman–Crippen MR) is 107 cm³/mol. The number of morpholine rings is 1. The van der Waals surface area contributed by atoms with Crippen LogP contribution in [0.5, 0.6) is 0 Å². The van der Waals surface area contributed by atoms with Crippen molar-refractivity contribution in [2.24, 2.45) is 5.92 Å². The Morgan fingerprint density at radius 2 is 2.14 bits per heavy atom. The second-order valence-electron chi connectivity index (χ2n) is 7.65. The van der Waals surface area contributed by atoms with Gasteiger partial charge in [-0.25, -0.2) is 0 Å². The summed E-state index contributed by atoms with van der Waals surface area (Å²) in [5.41, 5.74) is 3.22. The molecule has 0 saturated carbocycles. The Labute approximate surface area is 168 Å². The number of nitro groups is 1. The highest BCUT2D eigenvalue weighted by Gasteiger charge is 2.28. The lowest BCUT2D eigenvalue weighted by Crippen LogP contribution is -2.41. The van der Waals surface area contributed by atoms with Crippen molar-refractivity contribution < 1.29 is 14.5 Å². The lowest BCUT2D eigenvalue weighted by Gasteiger charge is -2.28. The monoisotopic (exact) mass is 399 g/mol. The van der Waals surface area contributed by atoms with Gasteiger partial charge >= 0.3 is 0 Å². The van der Waals surface area contributed by atoms with Crippen LogP contribution in [0.2, 0.25) is 0 Å².